The maximum Gasteiger partial charge on any atom is 0.187 e. The third-order valence-corrected chi connectivity index (χ3v) is 5.41. The number of benzene rings is 3. The summed E-state index contributed by atoms with van der Waals surface area (Å²) in [4.78, 5) is 4.68. The minimum atomic E-state index is 0. The van der Waals surface area contributed by atoms with E-state index in [9.17, 15) is 0 Å². The van der Waals surface area contributed by atoms with E-state index in [0.29, 0.717) is 0 Å². The third-order valence-electron chi connectivity index (χ3n) is 4.04. The Hall–Kier alpha value is -2.35. The highest BCUT2D eigenvalue weighted by Crippen LogP contribution is 2.33. The van der Waals surface area contributed by atoms with Gasteiger partial charge in [0.25, 0.3) is 0 Å². The number of anilines is 2. The minimum absolute atomic E-state index is 0. The largest absolute Gasteiger partial charge is 0.496 e. The quantitative estimate of drug-likeness (QED) is 0.276. The van der Waals surface area contributed by atoms with E-state index >= 15 is 0 Å². The van der Waals surface area contributed by atoms with E-state index in [1.807, 2.05) is 78.2 Å². The minimum Gasteiger partial charge on any atom is -0.496 e. The first-order valence-corrected chi connectivity index (χ1v) is 10.3. The normalized spacial score (nSPS) is 10.1. The van der Waals surface area contributed by atoms with Crippen LogP contribution < -0.4 is 14.8 Å². The molecule has 0 bridgehead atoms. The second kappa shape index (κ2) is 9.91. The molecule has 0 unspecified atom stereocenters. The summed E-state index contributed by atoms with van der Waals surface area (Å²) in [6.45, 7) is 0. The highest BCUT2D eigenvalue weighted by molar-refractivity contribution is 9.10. The van der Waals surface area contributed by atoms with E-state index in [1.54, 1.807) is 18.4 Å². The summed E-state index contributed by atoms with van der Waals surface area (Å²) in [5, 5.41) is 6.20. The summed E-state index contributed by atoms with van der Waals surface area (Å²) in [5.41, 5.74) is 2.90. The summed E-state index contributed by atoms with van der Waals surface area (Å²) in [6.07, 6.45) is 0. The van der Waals surface area contributed by atoms with Gasteiger partial charge in [-0.05, 0) is 70.5 Å². The molecular formula is C22H18Br2N2O2S. The van der Waals surface area contributed by atoms with Gasteiger partial charge in [0.1, 0.15) is 17.2 Å². The van der Waals surface area contributed by atoms with E-state index in [1.165, 1.54) is 0 Å². The van der Waals surface area contributed by atoms with Gasteiger partial charge >= 0.3 is 0 Å². The van der Waals surface area contributed by atoms with Gasteiger partial charge in [-0.15, -0.1) is 28.3 Å². The van der Waals surface area contributed by atoms with E-state index in [4.69, 9.17) is 9.47 Å². The van der Waals surface area contributed by atoms with Crippen LogP contribution in [0.5, 0.6) is 17.2 Å². The number of halogens is 2. The first kappa shape index (κ1) is 21.4. The Morgan fingerprint density at radius 2 is 1.66 bits per heavy atom. The molecule has 4 rings (SSSR count). The molecule has 0 aliphatic heterocycles. The molecule has 4 nitrogen and oxygen atoms in total. The molecule has 0 atom stereocenters. The molecule has 0 saturated carbocycles. The van der Waals surface area contributed by atoms with Crippen molar-refractivity contribution in [2.24, 2.45) is 0 Å². The maximum absolute atomic E-state index is 5.82. The Kier molecular flexibility index (Phi) is 7.30. The van der Waals surface area contributed by atoms with Crippen molar-refractivity contribution in [3.63, 3.8) is 0 Å². The van der Waals surface area contributed by atoms with Crippen molar-refractivity contribution in [2.75, 3.05) is 12.4 Å². The van der Waals surface area contributed by atoms with Crippen LogP contribution in [-0.4, -0.2) is 12.1 Å². The van der Waals surface area contributed by atoms with Gasteiger partial charge in [-0.1, -0.05) is 18.2 Å². The molecule has 1 aromatic heterocycles. The van der Waals surface area contributed by atoms with E-state index in [2.05, 4.69) is 26.2 Å². The molecule has 4 aromatic rings. The molecule has 0 aliphatic rings. The number of ether oxygens (including phenoxy) is 2. The lowest BCUT2D eigenvalue weighted by atomic mass is 10.2. The summed E-state index contributed by atoms with van der Waals surface area (Å²) in [6, 6.07) is 23.5. The average molecular weight is 534 g/mol. The Labute approximate surface area is 192 Å². The number of nitrogens with zero attached hydrogens (tertiary/aromatic N) is 1. The van der Waals surface area contributed by atoms with Crippen LogP contribution in [0.15, 0.2) is 82.6 Å². The van der Waals surface area contributed by atoms with Crippen molar-refractivity contribution in [3.05, 3.63) is 82.6 Å². The number of thiazole rings is 1. The molecule has 29 heavy (non-hydrogen) atoms. The highest BCUT2D eigenvalue weighted by Gasteiger charge is 2.08. The summed E-state index contributed by atoms with van der Waals surface area (Å²) < 4.78 is 12.0. The lowest BCUT2D eigenvalue weighted by molar-refractivity contribution is 0.412. The molecule has 148 valence electrons. The van der Waals surface area contributed by atoms with Crippen LogP contribution in [0.25, 0.3) is 11.3 Å². The fourth-order valence-electron chi connectivity index (χ4n) is 2.64. The first-order valence-electron chi connectivity index (χ1n) is 8.61. The van der Waals surface area contributed by atoms with Gasteiger partial charge < -0.3 is 14.8 Å². The first-order chi connectivity index (χ1) is 13.7. The zero-order chi connectivity index (χ0) is 19.3. The molecule has 1 heterocycles. The molecular weight excluding hydrogens is 516 g/mol. The summed E-state index contributed by atoms with van der Waals surface area (Å²) >= 11 is 5.08. The maximum atomic E-state index is 5.82. The van der Waals surface area contributed by atoms with Crippen LogP contribution >= 0.6 is 44.2 Å². The average Bonchev–Trinajstić information content (AvgIpc) is 3.19. The topological polar surface area (TPSA) is 43.4 Å². The number of methoxy groups -OCH3 is 1. The number of aromatic nitrogens is 1. The van der Waals surface area contributed by atoms with Gasteiger partial charge in [0.05, 0.1) is 17.3 Å². The standard InChI is InChI=1S/C22H17BrN2O2S.BrH/c1-26-21-12-7-15(13-19(21)23)20-14-28-22(25-20)24-16-8-10-18(11-9-16)27-17-5-3-2-4-6-17;/h2-14H,1H3,(H,24,25);1H. The molecule has 0 amide bonds. The SMILES string of the molecule is Br.COc1ccc(-c2csc(Nc3ccc(Oc4ccccc4)cc3)n2)cc1Br. The van der Waals surface area contributed by atoms with Crippen LogP contribution in [-0.2, 0) is 0 Å². The Morgan fingerprint density at radius 1 is 0.931 bits per heavy atom. The second-order valence-corrected chi connectivity index (χ2v) is 7.66. The van der Waals surface area contributed by atoms with E-state index < -0.39 is 0 Å². The van der Waals surface area contributed by atoms with Crippen molar-refractivity contribution in [1.82, 2.24) is 4.98 Å². The predicted molar refractivity (Wildman–Crippen MR) is 128 cm³/mol. The Bertz CT molecular complexity index is 1070. The van der Waals surface area contributed by atoms with Crippen LogP contribution in [0.4, 0.5) is 10.8 Å². The summed E-state index contributed by atoms with van der Waals surface area (Å²) in [5.74, 6) is 2.41. The van der Waals surface area contributed by atoms with Crippen LogP contribution in [0, 0.1) is 0 Å². The fraction of sp³-hybridized carbons (Fsp3) is 0.0455. The van der Waals surface area contributed by atoms with Crippen molar-refractivity contribution >= 4 is 55.1 Å². The number of nitrogens with one attached hydrogen (secondary N) is 1. The zero-order valence-corrected chi connectivity index (χ0v) is 19.6. The molecule has 7 heteroatoms. The fourth-order valence-corrected chi connectivity index (χ4v) is 3.92. The number of rotatable bonds is 6. The molecule has 0 fully saturated rings. The third kappa shape index (κ3) is 5.38. The van der Waals surface area contributed by atoms with E-state index in [-0.39, 0.29) is 17.0 Å². The van der Waals surface area contributed by atoms with Crippen LogP contribution in [0.3, 0.4) is 0 Å². The van der Waals surface area contributed by atoms with Crippen molar-refractivity contribution in [1.29, 1.82) is 0 Å². The molecule has 0 aliphatic carbocycles. The van der Waals surface area contributed by atoms with Crippen molar-refractivity contribution < 1.29 is 9.47 Å². The van der Waals surface area contributed by atoms with Gasteiger partial charge in [0.2, 0.25) is 0 Å². The van der Waals surface area contributed by atoms with Crippen LogP contribution in [0.1, 0.15) is 0 Å². The monoisotopic (exact) mass is 532 g/mol. The summed E-state index contributed by atoms with van der Waals surface area (Å²) in [7, 11) is 1.65. The van der Waals surface area contributed by atoms with Gasteiger partial charge in [0, 0.05) is 16.6 Å². The van der Waals surface area contributed by atoms with Crippen molar-refractivity contribution in [3.8, 4) is 28.5 Å². The molecule has 3 aromatic carbocycles. The van der Waals surface area contributed by atoms with Crippen LogP contribution in [0.2, 0.25) is 0 Å². The zero-order valence-electron chi connectivity index (χ0n) is 15.5. The lowest BCUT2D eigenvalue weighted by Gasteiger charge is -2.07. The number of hydrogen-bond acceptors (Lipinski definition) is 5. The predicted octanol–water partition coefficient (Wildman–Crippen LogP) is 7.70. The van der Waals surface area contributed by atoms with Gasteiger partial charge in [0.15, 0.2) is 5.13 Å². The van der Waals surface area contributed by atoms with Crippen molar-refractivity contribution in [2.45, 2.75) is 0 Å². The molecule has 0 spiro atoms. The Balaban J connectivity index is 0.00000240. The van der Waals surface area contributed by atoms with E-state index in [0.717, 1.165) is 43.8 Å². The van der Waals surface area contributed by atoms with Gasteiger partial charge in [-0.3, -0.25) is 0 Å². The second-order valence-electron chi connectivity index (χ2n) is 5.95. The lowest BCUT2D eigenvalue weighted by Crippen LogP contribution is -1.90. The number of hydrogen-bond donors (Lipinski definition) is 1. The number of para-hydroxylation sites is 1. The Morgan fingerprint density at radius 3 is 2.34 bits per heavy atom. The molecule has 0 saturated heterocycles. The molecule has 0 radical (unpaired) electrons. The van der Waals surface area contributed by atoms with Gasteiger partial charge in [-0.25, -0.2) is 4.98 Å². The highest BCUT2D eigenvalue weighted by atomic mass is 79.9. The molecule has 1 N–H and O–H groups in total. The van der Waals surface area contributed by atoms with Gasteiger partial charge in [-0.2, -0.15) is 0 Å². The smallest absolute Gasteiger partial charge is 0.187 e.